The van der Waals surface area contributed by atoms with E-state index in [4.69, 9.17) is 0 Å². The summed E-state index contributed by atoms with van der Waals surface area (Å²) < 4.78 is 38.3. The predicted molar refractivity (Wildman–Crippen MR) is 70.0 cm³/mol. The lowest BCUT2D eigenvalue weighted by Gasteiger charge is -2.40. The van der Waals surface area contributed by atoms with Gasteiger partial charge >= 0.3 is 6.18 Å². The molecule has 2 rings (SSSR count). The third-order valence-corrected chi connectivity index (χ3v) is 3.71. The number of hydrogen-bond acceptors (Lipinski definition) is 1. The predicted octanol–water partition coefficient (Wildman–Crippen LogP) is 4.21. The molecule has 1 aromatic rings. The Morgan fingerprint density at radius 1 is 1.26 bits per heavy atom. The molecule has 1 aliphatic rings. The number of hydrogen-bond donors (Lipinski definition) is 0. The van der Waals surface area contributed by atoms with Crippen LogP contribution in [0.15, 0.2) is 18.2 Å². The minimum atomic E-state index is -4.26. The number of halogens is 3. The second kappa shape index (κ2) is 4.82. The van der Waals surface area contributed by atoms with Crippen molar-refractivity contribution < 1.29 is 13.2 Å². The Morgan fingerprint density at radius 3 is 2.53 bits per heavy atom. The summed E-state index contributed by atoms with van der Waals surface area (Å²) in [7, 11) is 0. The molecule has 0 amide bonds. The topological polar surface area (TPSA) is 3.24 Å². The lowest BCUT2D eigenvalue weighted by atomic mass is 9.78. The normalized spacial score (nSPS) is 19.3. The summed E-state index contributed by atoms with van der Waals surface area (Å²) in [5.74, 6) is 0. The highest BCUT2D eigenvalue weighted by molar-refractivity contribution is 5.40. The number of fused-ring (bicyclic) bond motifs is 1. The zero-order valence-corrected chi connectivity index (χ0v) is 11.6. The fourth-order valence-electron chi connectivity index (χ4n) is 2.98. The number of rotatable bonds is 2. The van der Waals surface area contributed by atoms with E-state index in [2.05, 4.69) is 25.7 Å². The third-order valence-electron chi connectivity index (χ3n) is 3.71. The van der Waals surface area contributed by atoms with Crippen LogP contribution in [0.3, 0.4) is 0 Å². The van der Waals surface area contributed by atoms with Crippen LogP contribution < -0.4 is 0 Å². The second-order valence-corrected chi connectivity index (χ2v) is 5.96. The van der Waals surface area contributed by atoms with Crippen LogP contribution in [0.25, 0.3) is 0 Å². The van der Waals surface area contributed by atoms with Gasteiger partial charge in [-0.2, -0.15) is 13.2 Å². The van der Waals surface area contributed by atoms with Crippen LogP contribution in [0.1, 0.15) is 43.9 Å². The first kappa shape index (κ1) is 14.4. The summed E-state index contributed by atoms with van der Waals surface area (Å²) >= 11 is 0. The Morgan fingerprint density at radius 2 is 1.95 bits per heavy atom. The molecule has 0 saturated carbocycles. The quantitative estimate of drug-likeness (QED) is 0.779. The molecule has 0 aromatic heterocycles. The van der Waals surface area contributed by atoms with Crippen molar-refractivity contribution >= 4 is 0 Å². The lowest BCUT2D eigenvalue weighted by Crippen LogP contribution is -2.42. The Hall–Kier alpha value is -1.03. The average molecular weight is 271 g/mol. The zero-order chi connectivity index (χ0) is 14.3. The van der Waals surface area contributed by atoms with Crippen molar-refractivity contribution in [3.05, 3.63) is 34.9 Å². The van der Waals surface area contributed by atoms with Crippen LogP contribution in [-0.2, 0) is 18.1 Å². The van der Waals surface area contributed by atoms with Crippen molar-refractivity contribution in [2.24, 2.45) is 0 Å². The van der Waals surface area contributed by atoms with Crippen molar-refractivity contribution in [1.29, 1.82) is 0 Å². The van der Waals surface area contributed by atoms with E-state index in [0.29, 0.717) is 6.54 Å². The van der Waals surface area contributed by atoms with Gasteiger partial charge in [-0.05, 0) is 36.2 Å². The largest absolute Gasteiger partial charge is 0.416 e. The van der Waals surface area contributed by atoms with Gasteiger partial charge in [0.2, 0.25) is 0 Å². The molecule has 0 unspecified atom stereocenters. The van der Waals surface area contributed by atoms with Crippen LogP contribution in [0.4, 0.5) is 13.2 Å². The maximum atomic E-state index is 12.8. The Balaban J connectivity index is 2.40. The summed E-state index contributed by atoms with van der Waals surface area (Å²) in [4.78, 5) is 2.24. The van der Waals surface area contributed by atoms with Gasteiger partial charge in [0.1, 0.15) is 0 Å². The van der Waals surface area contributed by atoms with Crippen molar-refractivity contribution in [1.82, 2.24) is 4.90 Å². The van der Waals surface area contributed by atoms with Crippen molar-refractivity contribution in [3.63, 3.8) is 0 Å². The first-order chi connectivity index (χ1) is 8.74. The maximum absolute atomic E-state index is 12.8. The number of benzene rings is 1. The van der Waals surface area contributed by atoms with Gasteiger partial charge in [0.25, 0.3) is 0 Å². The first-order valence-corrected chi connectivity index (χ1v) is 6.67. The highest BCUT2D eigenvalue weighted by atomic mass is 19.4. The van der Waals surface area contributed by atoms with Crippen LogP contribution in [0.2, 0.25) is 0 Å². The van der Waals surface area contributed by atoms with Crippen LogP contribution in [0, 0.1) is 0 Å². The lowest BCUT2D eigenvalue weighted by molar-refractivity contribution is -0.137. The Kier molecular flexibility index (Phi) is 3.65. The van der Waals surface area contributed by atoms with E-state index in [-0.39, 0.29) is 5.41 Å². The summed E-state index contributed by atoms with van der Waals surface area (Å²) in [5.41, 5.74) is 1.24. The van der Waals surface area contributed by atoms with Gasteiger partial charge in [-0.15, -0.1) is 0 Å². The standard InChI is InChI=1S/C15H20F3N/c1-4-7-19-9-11-8-12(15(16,17)18)5-6-13(11)14(2,3)10-19/h5-6,8H,4,7,9-10H2,1-3H3. The van der Waals surface area contributed by atoms with Gasteiger partial charge in [0, 0.05) is 18.5 Å². The minimum Gasteiger partial charge on any atom is -0.298 e. The molecule has 0 atom stereocenters. The summed E-state index contributed by atoms with van der Waals surface area (Å²) in [6, 6.07) is 4.18. The van der Waals surface area contributed by atoms with Gasteiger partial charge in [-0.1, -0.05) is 26.8 Å². The van der Waals surface area contributed by atoms with Gasteiger partial charge in [-0.25, -0.2) is 0 Å². The molecule has 0 fully saturated rings. The van der Waals surface area contributed by atoms with E-state index >= 15 is 0 Å². The second-order valence-electron chi connectivity index (χ2n) is 5.96. The molecule has 1 aromatic carbocycles. The van der Waals surface area contributed by atoms with Crippen molar-refractivity contribution in [3.8, 4) is 0 Å². The smallest absolute Gasteiger partial charge is 0.298 e. The molecule has 1 nitrogen and oxygen atoms in total. The molecule has 0 spiro atoms. The van der Waals surface area contributed by atoms with Crippen LogP contribution >= 0.6 is 0 Å². The molecule has 0 bridgehead atoms. The van der Waals surface area contributed by atoms with E-state index in [0.717, 1.165) is 30.6 Å². The van der Waals surface area contributed by atoms with Gasteiger partial charge in [-0.3, -0.25) is 4.90 Å². The van der Waals surface area contributed by atoms with E-state index in [1.54, 1.807) is 6.07 Å². The SMILES string of the molecule is CCCN1Cc2cc(C(F)(F)F)ccc2C(C)(C)C1. The molecule has 4 heteroatoms. The Bertz CT molecular complexity index is 463. The van der Waals surface area contributed by atoms with Gasteiger partial charge in [0.15, 0.2) is 0 Å². The molecular weight excluding hydrogens is 251 g/mol. The zero-order valence-electron chi connectivity index (χ0n) is 11.6. The minimum absolute atomic E-state index is 0.0904. The maximum Gasteiger partial charge on any atom is 0.416 e. The summed E-state index contributed by atoms with van der Waals surface area (Å²) in [6.07, 6.45) is -3.24. The first-order valence-electron chi connectivity index (χ1n) is 6.67. The molecular formula is C15H20F3N. The summed E-state index contributed by atoms with van der Waals surface area (Å²) in [5, 5.41) is 0. The highest BCUT2D eigenvalue weighted by Crippen LogP contribution is 2.37. The van der Waals surface area contributed by atoms with Crippen molar-refractivity contribution in [2.75, 3.05) is 13.1 Å². The van der Waals surface area contributed by atoms with E-state index in [1.807, 2.05) is 0 Å². The average Bonchev–Trinajstić information content (AvgIpc) is 2.26. The Labute approximate surface area is 112 Å². The summed E-state index contributed by atoms with van der Waals surface area (Å²) in [6.45, 7) is 8.74. The van der Waals surface area contributed by atoms with Crippen LogP contribution in [-0.4, -0.2) is 18.0 Å². The molecule has 106 valence electrons. The monoisotopic (exact) mass is 271 g/mol. The third kappa shape index (κ3) is 2.94. The molecule has 0 radical (unpaired) electrons. The fourth-order valence-corrected chi connectivity index (χ4v) is 2.98. The molecule has 0 aliphatic carbocycles. The number of alkyl halides is 3. The fraction of sp³-hybridized carbons (Fsp3) is 0.600. The molecule has 1 aliphatic heterocycles. The van der Waals surface area contributed by atoms with Gasteiger partial charge < -0.3 is 0 Å². The van der Waals surface area contributed by atoms with E-state index in [9.17, 15) is 13.2 Å². The molecule has 1 heterocycles. The van der Waals surface area contributed by atoms with Crippen LogP contribution in [0.5, 0.6) is 0 Å². The molecule has 19 heavy (non-hydrogen) atoms. The highest BCUT2D eigenvalue weighted by Gasteiger charge is 2.35. The van der Waals surface area contributed by atoms with Crippen molar-refractivity contribution in [2.45, 2.75) is 45.3 Å². The van der Waals surface area contributed by atoms with E-state index < -0.39 is 11.7 Å². The van der Waals surface area contributed by atoms with Gasteiger partial charge in [0.05, 0.1) is 5.56 Å². The molecule has 0 N–H and O–H groups in total. The van der Waals surface area contributed by atoms with E-state index in [1.165, 1.54) is 12.1 Å². The molecule has 0 saturated heterocycles. The number of nitrogens with zero attached hydrogens (tertiary/aromatic N) is 1.